The van der Waals surface area contributed by atoms with Crippen LogP contribution in [0.2, 0.25) is 0 Å². The van der Waals surface area contributed by atoms with Gasteiger partial charge in [0.15, 0.2) is 5.78 Å². The number of carbonyl (C=O) groups is 1. The molecule has 0 fully saturated rings. The number of benzene rings is 1. The van der Waals surface area contributed by atoms with Gasteiger partial charge in [-0.05, 0) is 30.7 Å². The summed E-state index contributed by atoms with van der Waals surface area (Å²) >= 11 is 5.55. The van der Waals surface area contributed by atoms with Gasteiger partial charge >= 0.3 is 6.18 Å². The van der Waals surface area contributed by atoms with Gasteiger partial charge in [0, 0.05) is 5.57 Å². The van der Waals surface area contributed by atoms with E-state index in [9.17, 15) is 18.0 Å². The predicted molar refractivity (Wildman–Crippen MR) is 60.8 cm³/mol. The van der Waals surface area contributed by atoms with Gasteiger partial charge in [-0.1, -0.05) is 12.1 Å². The molecule has 0 spiro atoms. The molecule has 5 heteroatoms. The number of alkyl halides is 4. The van der Waals surface area contributed by atoms with Crippen LogP contribution in [0.25, 0.3) is 6.08 Å². The molecule has 17 heavy (non-hydrogen) atoms. The maximum absolute atomic E-state index is 12.3. The molecular formula is C12H10ClF3O. The van der Waals surface area contributed by atoms with E-state index in [1.165, 1.54) is 25.1 Å². The topological polar surface area (TPSA) is 17.1 Å². The highest BCUT2D eigenvalue weighted by molar-refractivity contribution is 6.23. The van der Waals surface area contributed by atoms with E-state index in [2.05, 4.69) is 0 Å². The van der Waals surface area contributed by atoms with Gasteiger partial charge in [-0.3, -0.25) is 4.79 Å². The third-order valence-electron chi connectivity index (χ3n) is 2.18. The molecule has 0 saturated heterocycles. The Kier molecular flexibility index (Phi) is 4.34. The molecule has 0 aliphatic carbocycles. The average molecular weight is 263 g/mol. The zero-order chi connectivity index (χ0) is 13.1. The first-order valence-electron chi connectivity index (χ1n) is 4.79. The molecule has 0 aliphatic heterocycles. The standard InChI is InChI=1S/C12H10ClF3O/c1-8(17)10(7-13)6-9-2-4-11(5-3-9)12(14,15)16/h2-6H,7H2,1H3/b10-6+. The smallest absolute Gasteiger partial charge is 0.295 e. The molecule has 92 valence electrons. The van der Waals surface area contributed by atoms with Crippen molar-refractivity contribution < 1.29 is 18.0 Å². The van der Waals surface area contributed by atoms with Crippen LogP contribution < -0.4 is 0 Å². The van der Waals surface area contributed by atoms with Crippen molar-refractivity contribution in [3.8, 4) is 0 Å². The lowest BCUT2D eigenvalue weighted by Crippen LogP contribution is -2.04. The number of hydrogen-bond acceptors (Lipinski definition) is 1. The molecule has 0 unspecified atom stereocenters. The number of hydrogen-bond donors (Lipinski definition) is 0. The Balaban J connectivity index is 3.00. The lowest BCUT2D eigenvalue weighted by atomic mass is 10.1. The molecule has 0 atom stereocenters. The monoisotopic (exact) mass is 262 g/mol. The fraction of sp³-hybridized carbons (Fsp3) is 0.250. The molecule has 0 saturated carbocycles. The summed E-state index contributed by atoms with van der Waals surface area (Å²) in [5.41, 5.74) is 0.167. The summed E-state index contributed by atoms with van der Waals surface area (Å²) in [5.74, 6) is -0.156. The molecule has 1 aromatic rings. The Morgan fingerprint density at radius 1 is 1.29 bits per heavy atom. The van der Waals surface area contributed by atoms with E-state index in [0.29, 0.717) is 11.1 Å². The van der Waals surface area contributed by atoms with E-state index < -0.39 is 11.7 Å². The second-order valence-electron chi connectivity index (χ2n) is 3.48. The Morgan fingerprint density at radius 3 is 2.18 bits per heavy atom. The van der Waals surface area contributed by atoms with Crippen LogP contribution in [-0.4, -0.2) is 11.7 Å². The number of allylic oxidation sites excluding steroid dienone is 1. The molecular weight excluding hydrogens is 253 g/mol. The number of carbonyl (C=O) groups excluding carboxylic acids is 1. The van der Waals surface area contributed by atoms with E-state index >= 15 is 0 Å². The zero-order valence-electron chi connectivity index (χ0n) is 9.01. The average Bonchev–Trinajstić information content (AvgIpc) is 2.25. The van der Waals surface area contributed by atoms with E-state index in [1.807, 2.05) is 0 Å². The van der Waals surface area contributed by atoms with Gasteiger partial charge in [0.1, 0.15) is 0 Å². The highest BCUT2D eigenvalue weighted by Crippen LogP contribution is 2.29. The summed E-state index contributed by atoms with van der Waals surface area (Å²) in [4.78, 5) is 11.1. The minimum Gasteiger partial charge on any atom is -0.295 e. The van der Waals surface area contributed by atoms with Crippen LogP contribution in [0.1, 0.15) is 18.1 Å². The van der Waals surface area contributed by atoms with Gasteiger partial charge in [0.2, 0.25) is 0 Å². The number of halogens is 4. The molecule has 1 nitrogen and oxygen atoms in total. The first-order chi connectivity index (χ1) is 7.84. The third-order valence-corrected chi connectivity index (χ3v) is 2.46. The van der Waals surface area contributed by atoms with Crippen LogP contribution in [0, 0.1) is 0 Å². The summed E-state index contributed by atoms with van der Waals surface area (Å²) in [7, 11) is 0. The Morgan fingerprint density at radius 2 is 1.82 bits per heavy atom. The fourth-order valence-corrected chi connectivity index (χ4v) is 1.47. The van der Waals surface area contributed by atoms with Crippen LogP contribution in [0.15, 0.2) is 29.8 Å². The van der Waals surface area contributed by atoms with Crippen LogP contribution in [0.5, 0.6) is 0 Å². The maximum Gasteiger partial charge on any atom is 0.416 e. The van der Waals surface area contributed by atoms with Gasteiger partial charge in [-0.15, -0.1) is 11.6 Å². The molecule has 0 bridgehead atoms. The SMILES string of the molecule is CC(=O)/C(=C/c1ccc(C(F)(F)F)cc1)CCl. The van der Waals surface area contributed by atoms with Gasteiger partial charge in [-0.25, -0.2) is 0 Å². The Bertz CT molecular complexity index is 432. The fourth-order valence-electron chi connectivity index (χ4n) is 1.20. The van der Waals surface area contributed by atoms with Crippen LogP contribution >= 0.6 is 11.6 Å². The summed E-state index contributed by atoms with van der Waals surface area (Å²) in [5, 5.41) is 0. The van der Waals surface area contributed by atoms with Crippen LogP contribution in [0.4, 0.5) is 13.2 Å². The number of rotatable bonds is 3. The molecule has 0 heterocycles. The highest BCUT2D eigenvalue weighted by atomic mass is 35.5. The highest BCUT2D eigenvalue weighted by Gasteiger charge is 2.29. The molecule has 0 aromatic heterocycles. The Labute approximate surface area is 102 Å². The number of ketones is 1. The van der Waals surface area contributed by atoms with E-state index in [1.54, 1.807) is 0 Å². The third kappa shape index (κ3) is 3.89. The summed E-state index contributed by atoms with van der Waals surface area (Å²) in [6, 6.07) is 4.55. The van der Waals surface area contributed by atoms with Crippen molar-refractivity contribution in [2.45, 2.75) is 13.1 Å². The number of Topliss-reactive ketones (excluding diaryl/α,β-unsaturated/α-hetero) is 1. The maximum atomic E-state index is 12.3. The van der Waals surface area contributed by atoms with Crippen LogP contribution in [-0.2, 0) is 11.0 Å². The minimum atomic E-state index is -4.35. The van der Waals surface area contributed by atoms with Gasteiger partial charge in [-0.2, -0.15) is 13.2 Å². The van der Waals surface area contributed by atoms with Crippen molar-refractivity contribution >= 4 is 23.5 Å². The zero-order valence-corrected chi connectivity index (χ0v) is 9.77. The molecule has 0 aliphatic rings. The summed E-state index contributed by atoms with van der Waals surface area (Å²) in [6.45, 7) is 1.36. The summed E-state index contributed by atoms with van der Waals surface area (Å²) in [6.07, 6.45) is -2.87. The van der Waals surface area contributed by atoms with Crippen molar-refractivity contribution in [3.05, 3.63) is 41.0 Å². The Hall–Kier alpha value is -1.29. The summed E-state index contributed by atoms with van der Waals surface area (Å²) < 4.78 is 36.9. The van der Waals surface area contributed by atoms with Crippen LogP contribution in [0.3, 0.4) is 0 Å². The predicted octanol–water partition coefficient (Wildman–Crippen LogP) is 3.92. The second-order valence-corrected chi connectivity index (χ2v) is 3.75. The van der Waals surface area contributed by atoms with Gasteiger partial charge in [0.05, 0.1) is 11.4 Å². The first kappa shape index (κ1) is 13.8. The second kappa shape index (κ2) is 5.36. The molecule has 0 amide bonds. The van der Waals surface area contributed by atoms with Gasteiger partial charge < -0.3 is 0 Å². The largest absolute Gasteiger partial charge is 0.416 e. The quantitative estimate of drug-likeness (QED) is 0.596. The van der Waals surface area contributed by atoms with Crippen molar-refractivity contribution in [1.29, 1.82) is 0 Å². The lowest BCUT2D eigenvalue weighted by Gasteiger charge is -2.06. The van der Waals surface area contributed by atoms with E-state index in [-0.39, 0.29) is 11.7 Å². The molecule has 1 aromatic carbocycles. The van der Waals surface area contributed by atoms with Crippen molar-refractivity contribution in [2.75, 3.05) is 5.88 Å². The van der Waals surface area contributed by atoms with Crippen molar-refractivity contribution in [1.82, 2.24) is 0 Å². The molecule has 0 radical (unpaired) electrons. The van der Waals surface area contributed by atoms with E-state index in [0.717, 1.165) is 12.1 Å². The van der Waals surface area contributed by atoms with Crippen molar-refractivity contribution in [3.63, 3.8) is 0 Å². The lowest BCUT2D eigenvalue weighted by molar-refractivity contribution is -0.137. The molecule has 0 N–H and O–H groups in total. The van der Waals surface area contributed by atoms with E-state index in [4.69, 9.17) is 11.6 Å². The molecule has 1 rings (SSSR count). The first-order valence-corrected chi connectivity index (χ1v) is 5.33. The normalized spacial score (nSPS) is 12.6. The van der Waals surface area contributed by atoms with Gasteiger partial charge in [0.25, 0.3) is 0 Å². The minimum absolute atomic E-state index is 0.0381. The van der Waals surface area contributed by atoms with Crippen molar-refractivity contribution in [2.24, 2.45) is 0 Å².